The van der Waals surface area contributed by atoms with Crippen molar-refractivity contribution in [2.75, 3.05) is 33.9 Å². The number of rotatable bonds is 8. The minimum absolute atomic E-state index is 0.0178. The van der Waals surface area contributed by atoms with E-state index in [1.54, 1.807) is 14.2 Å². The van der Waals surface area contributed by atoms with Crippen LogP contribution in [0.2, 0.25) is 0 Å². The number of carbonyl (C=O) groups is 1. The molecule has 2 aromatic rings. The average Bonchev–Trinajstić information content (AvgIpc) is 3.21. The molecule has 1 unspecified atom stereocenters. The molecule has 0 aliphatic carbocycles. The standard InChI is InChI=1S/C23H31N3O3/c1-16(23(27)25-13-17-9-10-21(28-2)22(11-17)29-3)26-14-19(12-24)20(15-26)18-7-5-4-6-8-18/h4-11,16,19-20H,12-15,24H2,1-3H3,(H,25,27)/t16?,19-,20+/m1/s1. The molecule has 2 aromatic carbocycles. The van der Waals surface area contributed by atoms with Crippen LogP contribution < -0.4 is 20.5 Å². The number of likely N-dealkylation sites (tertiary alicyclic amines) is 1. The summed E-state index contributed by atoms with van der Waals surface area (Å²) in [5.41, 5.74) is 8.30. The molecule has 1 amide bonds. The van der Waals surface area contributed by atoms with E-state index in [2.05, 4.69) is 34.5 Å². The highest BCUT2D eigenvalue weighted by molar-refractivity contribution is 5.81. The van der Waals surface area contributed by atoms with Crippen LogP contribution in [-0.2, 0) is 11.3 Å². The van der Waals surface area contributed by atoms with E-state index < -0.39 is 0 Å². The van der Waals surface area contributed by atoms with Gasteiger partial charge in [0, 0.05) is 25.6 Å². The monoisotopic (exact) mass is 397 g/mol. The van der Waals surface area contributed by atoms with Gasteiger partial charge in [-0.1, -0.05) is 36.4 Å². The van der Waals surface area contributed by atoms with Gasteiger partial charge in [0.15, 0.2) is 11.5 Å². The molecule has 1 fully saturated rings. The summed E-state index contributed by atoms with van der Waals surface area (Å²) in [6, 6.07) is 15.9. The lowest BCUT2D eigenvalue weighted by atomic mass is 9.89. The van der Waals surface area contributed by atoms with Crippen LogP contribution in [0, 0.1) is 5.92 Å². The zero-order chi connectivity index (χ0) is 20.8. The Labute approximate surface area is 173 Å². The lowest BCUT2D eigenvalue weighted by Crippen LogP contribution is -2.44. The minimum Gasteiger partial charge on any atom is -0.493 e. The van der Waals surface area contributed by atoms with Crippen molar-refractivity contribution < 1.29 is 14.3 Å². The molecule has 156 valence electrons. The molecule has 3 rings (SSSR count). The van der Waals surface area contributed by atoms with E-state index in [0.717, 1.165) is 18.7 Å². The summed E-state index contributed by atoms with van der Waals surface area (Å²) in [7, 11) is 3.21. The molecule has 1 aliphatic rings. The molecule has 1 aliphatic heterocycles. The molecule has 6 nitrogen and oxygen atoms in total. The normalized spacial score (nSPS) is 20.3. The van der Waals surface area contributed by atoms with Crippen molar-refractivity contribution in [2.24, 2.45) is 11.7 Å². The summed E-state index contributed by atoms with van der Waals surface area (Å²) >= 11 is 0. The van der Waals surface area contributed by atoms with E-state index in [0.29, 0.717) is 36.4 Å². The number of methoxy groups -OCH3 is 2. The second-order valence-corrected chi connectivity index (χ2v) is 7.55. The molecule has 3 N–H and O–H groups in total. The fraction of sp³-hybridized carbons (Fsp3) is 0.435. The van der Waals surface area contributed by atoms with E-state index in [1.807, 2.05) is 31.2 Å². The summed E-state index contributed by atoms with van der Waals surface area (Å²) in [5, 5.41) is 3.04. The van der Waals surface area contributed by atoms with Crippen LogP contribution in [0.4, 0.5) is 0 Å². The molecule has 0 aromatic heterocycles. The number of benzene rings is 2. The molecule has 29 heavy (non-hydrogen) atoms. The number of hydrogen-bond acceptors (Lipinski definition) is 5. The maximum atomic E-state index is 12.8. The molecule has 0 bridgehead atoms. The molecule has 0 radical (unpaired) electrons. The summed E-state index contributed by atoms with van der Waals surface area (Å²) < 4.78 is 10.6. The van der Waals surface area contributed by atoms with Gasteiger partial charge in [-0.2, -0.15) is 0 Å². The number of hydrogen-bond donors (Lipinski definition) is 2. The van der Waals surface area contributed by atoms with E-state index in [1.165, 1.54) is 5.56 Å². The maximum Gasteiger partial charge on any atom is 0.237 e. The lowest BCUT2D eigenvalue weighted by Gasteiger charge is -2.23. The van der Waals surface area contributed by atoms with Gasteiger partial charge in [-0.05, 0) is 42.6 Å². The van der Waals surface area contributed by atoms with Crippen LogP contribution in [0.25, 0.3) is 0 Å². The predicted octanol–water partition coefficient (Wildman–Crippen LogP) is 2.38. The first kappa shape index (κ1) is 21.1. The van der Waals surface area contributed by atoms with Gasteiger partial charge in [0.05, 0.1) is 20.3 Å². The first-order valence-corrected chi connectivity index (χ1v) is 10.0. The van der Waals surface area contributed by atoms with Crippen molar-refractivity contribution in [3.8, 4) is 11.5 Å². The topological polar surface area (TPSA) is 76.8 Å². The smallest absolute Gasteiger partial charge is 0.237 e. The maximum absolute atomic E-state index is 12.8. The quantitative estimate of drug-likeness (QED) is 0.715. The SMILES string of the molecule is COc1ccc(CNC(=O)C(C)N2C[C@@H](CN)[C@H](c3ccccc3)C2)cc1OC. The number of ether oxygens (including phenoxy) is 2. The largest absolute Gasteiger partial charge is 0.493 e. The lowest BCUT2D eigenvalue weighted by molar-refractivity contribution is -0.125. The fourth-order valence-electron chi connectivity index (χ4n) is 4.03. The summed E-state index contributed by atoms with van der Waals surface area (Å²) in [4.78, 5) is 15.0. The first-order valence-electron chi connectivity index (χ1n) is 10.0. The molecular formula is C23H31N3O3. The van der Waals surface area contributed by atoms with Gasteiger partial charge >= 0.3 is 0 Å². The third-order valence-corrected chi connectivity index (χ3v) is 5.84. The Morgan fingerprint density at radius 2 is 1.86 bits per heavy atom. The van der Waals surface area contributed by atoms with Crippen molar-refractivity contribution in [1.82, 2.24) is 10.2 Å². The number of nitrogens with two attached hydrogens (primary N) is 1. The highest BCUT2D eigenvalue weighted by Crippen LogP contribution is 2.33. The Morgan fingerprint density at radius 1 is 1.14 bits per heavy atom. The predicted molar refractivity (Wildman–Crippen MR) is 114 cm³/mol. The van der Waals surface area contributed by atoms with E-state index in [-0.39, 0.29) is 11.9 Å². The Kier molecular flexibility index (Phi) is 7.12. The second-order valence-electron chi connectivity index (χ2n) is 7.55. The summed E-state index contributed by atoms with van der Waals surface area (Å²) in [6.45, 7) is 4.71. The van der Waals surface area contributed by atoms with Crippen LogP contribution in [0.3, 0.4) is 0 Å². The Morgan fingerprint density at radius 3 is 2.52 bits per heavy atom. The van der Waals surface area contributed by atoms with Crippen LogP contribution in [0.1, 0.15) is 24.0 Å². The summed E-state index contributed by atoms with van der Waals surface area (Å²) in [6.07, 6.45) is 0. The molecule has 6 heteroatoms. The van der Waals surface area contributed by atoms with Gasteiger partial charge in [0.1, 0.15) is 0 Å². The van der Waals surface area contributed by atoms with E-state index in [9.17, 15) is 4.79 Å². The number of nitrogens with one attached hydrogen (secondary N) is 1. The van der Waals surface area contributed by atoms with Crippen molar-refractivity contribution in [1.29, 1.82) is 0 Å². The van der Waals surface area contributed by atoms with Crippen molar-refractivity contribution in [3.63, 3.8) is 0 Å². The molecule has 0 saturated carbocycles. The highest BCUT2D eigenvalue weighted by Gasteiger charge is 2.36. The number of nitrogens with zero attached hydrogens (tertiary/aromatic N) is 1. The number of amides is 1. The van der Waals surface area contributed by atoms with Gasteiger partial charge < -0.3 is 20.5 Å². The number of carbonyl (C=O) groups excluding carboxylic acids is 1. The third kappa shape index (κ3) is 4.89. The van der Waals surface area contributed by atoms with Crippen molar-refractivity contribution >= 4 is 5.91 Å². The minimum atomic E-state index is -0.210. The molecule has 1 saturated heterocycles. The van der Waals surface area contributed by atoms with E-state index >= 15 is 0 Å². The zero-order valence-electron chi connectivity index (χ0n) is 17.4. The van der Waals surface area contributed by atoms with Gasteiger partial charge in [-0.25, -0.2) is 0 Å². The van der Waals surface area contributed by atoms with Crippen LogP contribution in [-0.4, -0.2) is 50.7 Å². The van der Waals surface area contributed by atoms with E-state index in [4.69, 9.17) is 15.2 Å². The Bertz CT molecular complexity index is 812. The molecular weight excluding hydrogens is 366 g/mol. The third-order valence-electron chi connectivity index (χ3n) is 5.84. The zero-order valence-corrected chi connectivity index (χ0v) is 17.4. The molecule has 1 heterocycles. The van der Waals surface area contributed by atoms with Gasteiger partial charge in [0.2, 0.25) is 5.91 Å². The van der Waals surface area contributed by atoms with Gasteiger partial charge in [-0.15, -0.1) is 0 Å². The van der Waals surface area contributed by atoms with Crippen molar-refractivity contribution in [3.05, 3.63) is 59.7 Å². The molecule has 3 atom stereocenters. The van der Waals surface area contributed by atoms with Gasteiger partial charge in [-0.3, -0.25) is 9.69 Å². The van der Waals surface area contributed by atoms with Crippen molar-refractivity contribution in [2.45, 2.75) is 25.4 Å². The fourth-order valence-corrected chi connectivity index (χ4v) is 4.03. The van der Waals surface area contributed by atoms with Crippen LogP contribution >= 0.6 is 0 Å². The Balaban J connectivity index is 1.60. The summed E-state index contributed by atoms with van der Waals surface area (Å²) in [5.74, 6) is 2.07. The van der Waals surface area contributed by atoms with Gasteiger partial charge in [0.25, 0.3) is 0 Å². The highest BCUT2D eigenvalue weighted by atomic mass is 16.5. The first-order chi connectivity index (χ1) is 14.1. The molecule has 0 spiro atoms. The van der Waals surface area contributed by atoms with Crippen LogP contribution in [0.15, 0.2) is 48.5 Å². The second kappa shape index (κ2) is 9.76. The van der Waals surface area contributed by atoms with Crippen LogP contribution in [0.5, 0.6) is 11.5 Å². The average molecular weight is 398 g/mol. The Hall–Kier alpha value is -2.57.